The summed E-state index contributed by atoms with van der Waals surface area (Å²) in [5, 5.41) is 0.149. The van der Waals surface area contributed by atoms with Crippen molar-refractivity contribution in [2.24, 2.45) is 0 Å². The summed E-state index contributed by atoms with van der Waals surface area (Å²) in [6, 6.07) is 8.01. The van der Waals surface area contributed by atoms with Gasteiger partial charge < -0.3 is 14.5 Å². The van der Waals surface area contributed by atoms with E-state index in [0.717, 1.165) is 25.3 Å². The Morgan fingerprint density at radius 2 is 2.05 bits per heavy atom. The maximum absolute atomic E-state index is 12.0. The summed E-state index contributed by atoms with van der Waals surface area (Å²) in [6.07, 6.45) is 1.01. The highest BCUT2D eigenvalue weighted by atomic mass is 32.2. The summed E-state index contributed by atoms with van der Waals surface area (Å²) in [4.78, 5) is 16.2. The molecule has 1 aromatic carbocycles. The van der Waals surface area contributed by atoms with Crippen molar-refractivity contribution in [2.75, 3.05) is 40.0 Å². The van der Waals surface area contributed by atoms with Gasteiger partial charge >= 0.3 is 0 Å². The Morgan fingerprint density at radius 3 is 2.65 bits per heavy atom. The van der Waals surface area contributed by atoms with Crippen molar-refractivity contribution in [1.29, 1.82) is 0 Å². The lowest BCUT2D eigenvalue weighted by atomic mass is 10.2. The maximum atomic E-state index is 12.0. The van der Waals surface area contributed by atoms with Gasteiger partial charge in [0.05, 0.1) is 12.9 Å². The van der Waals surface area contributed by atoms with Gasteiger partial charge in [-0.15, -0.1) is 11.8 Å². The molecule has 4 nitrogen and oxygen atoms in total. The molecule has 0 radical (unpaired) electrons. The summed E-state index contributed by atoms with van der Waals surface area (Å²) < 4.78 is 5.18. The van der Waals surface area contributed by atoms with E-state index in [1.165, 1.54) is 5.56 Å². The van der Waals surface area contributed by atoms with Crippen molar-refractivity contribution in [3.63, 3.8) is 0 Å². The minimum Gasteiger partial charge on any atom is -0.497 e. The van der Waals surface area contributed by atoms with Crippen LogP contribution in [0.3, 0.4) is 0 Å². The summed E-state index contributed by atoms with van der Waals surface area (Å²) in [7, 11) is 5.78. The third kappa shape index (κ3) is 3.67. The van der Waals surface area contributed by atoms with Crippen molar-refractivity contribution < 1.29 is 9.53 Å². The number of benzene rings is 1. The van der Waals surface area contributed by atoms with Crippen molar-refractivity contribution in [3.05, 3.63) is 29.8 Å². The molecule has 0 unspecified atom stereocenters. The van der Waals surface area contributed by atoms with Gasteiger partial charge in [-0.25, -0.2) is 0 Å². The monoisotopic (exact) mass is 294 g/mol. The van der Waals surface area contributed by atoms with E-state index < -0.39 is 0 Å². The van der Waals surface area contributed by atoms with Crippen LogP contribution in [0, 0.1) is 0 Å². The van der Waals surface area contributed by atoms with Gasteiger partial charge in [0.15, 0.2) is 0 Å². The van der Waals surface area contributed by atoms with Gasteiger partial charge in [-0.3, -0.25) is 4.79 Å². The molecule has 2 rings (SSSR count). The van der Waals surface area contributed by atoms with Gasteiger partial charge in [0.2, 0.25) is 5.91 Å². The lowest BCUT2D eigenvalue weighted by Gasteiger charge is -2.25. The Balaban J connectivity index is 2.02. The van der Waals surface area contributed by atoms with E-state index in [1.54, 1.807) is 18.9 Å². The maximum Gasteiger partial charge on any atom is 0.233 e. The third-order valence-electron chi connectivity index (χ3n) is 3.37. The number of hydrogen-bond donors (Lipinski definition) is 0. The topological polar surface area (TPSA) is 32.8 Å². The molecule has 0 N–H and O–H groups in total. The average Bonchev–Trinajstić information content (AvgIpc) is 2.80. The molecule has 5 heteroatoms. The van der Waals surface area contributed by atoms with Gasteiger partial charge in [-0.05, 0) is 44.8 Å². The number of carbonyl (C=O) groups is 1. The van der Waals surface area contributed by atoms with Gasteiger partial charge in [0.25, 0.3) is 0 Å². The van der Waals surface area contributed by atoms with Crippen LogP contribution in [-0.4, -0.2) is 55.8 Å². The van der Waals surface area contributed by atoms with E-state index in [4.69, 9.17) is 4.74 Å². The quantitative estimate of drug-likeness (QED) is 0.805. The average molecular weight is 294 g/mol. The van der Waals surface area contributed by atoms with Gasteiger partial charge in [-0.2, -0.15) is 0 Å². The van der Waals surface area contributed by atoms with Crippen LogP contribution in [0.25, 0.3) is 0 Å². The first-order valence-electron chi connectivity index (χ1n) is 6.81. The molecule has 20 heavy (non-hydrogen) atoms. The number of amides is 1. The van der Waals surface area contributed by atoms with Crippen LogP contribution in [0.4, 0.5) is 0 Å². The predicted molar refractivity (Wildman–Crippen MR) is 83.1 cm³/mol. The molecule has 0 bridgehead atoms. The van der Waals surface area contributed by atoms with Gasteiger partial charge in [-0.1, -0.05) is 12.1 Å². The minimum atomic E-state index is 0.149. The molecule has 0 aliphatic carbocycles. The van der Waals surface area contributed by atoms with Crippen molar-refractivity contribution in [2.45, 2.75) is 11.8 Å². The van der Waals surface area contributed by atoms with E-state index in [9.17, 15) is 4.79 Å². The van der Waals surface area contributed by atoms with Crippen LogP contribution < -0.4 is 4.74 Å². The Morgan fingerprint density at radius 1 is 1.35 bits per heavy atom. The van der Waals surface area contributed by atoms with E-state index in [-0.39, 0.29) is 11.3 Å². The highest BCUT2D eigenvalue weighted by Gasteiger charge is 2.32. The van der Waals surface area contributed by atoms with Crippen molar-refractivity contribution >= 4 is 17.7 Å². The zero-order chi connectivity index (χ0) is 14.5. The first-order valence-corrected chi connectivity index (χ1v) is 7.86. The van der Waals surface area contributed by atoms with Crippen LogP contribution in [0.2, 0.25) is 0 Å². The highest BCUT2D eigenvalue weighted by molar-refractivity contribution is 8.00. The Kier molecular flexibility index (Phi) is 5.31. The molecule has 1 aromatic rings. The molecule has 1 amide bonds. The third-order valence-corrected chi connectivity index (χ3v) is 4.63. The zero-order valence-corrected chi connectivity index (χ0v) is 13.2. The lowest BCUT2D eigenvalue weighted by Crippen LogP contribution is -2.31. The fourth-order valence-electron chi connectivity index (χ4n) is 2.30. The Hall–Kier alpha value is -1.20. The molecule has 1 atom stereocenters. The van der Waals surface area contributed by atoms with Crippen LogP contribution in [-0.2, 0) is 4.79 Å². The van der Waals surface area contributed by atoms with Crippen molar-refractivity contribution in [3.8, 4) is 5.75 Å². The molecule has 1 aliphatic rings. The smallest absolute Gasteiger partial charge is 0.233 e. The Labute approximate surface area is 125 Å². The molecular formula is C15H22N2O2S. The molecule has 0 saturated carbocycles. The second-order valence-electron chi connectivity index (χ2n) is 5.18. The fourth-order valence-corrected chi connectivity index (χ4v) is 3.52. The summed E-state index contributed by atoms with van der Waals surface area (Å²) >= 11 is 1.71. The first kappa shape index (κ1) is 15.2. The van der Waals surface area contributed by atoms with Crippen LogP contribution in [0.5, 0.6) is 5.75 Å². The van der Waals surface area contributed by atoms with Crippen LogP contribution in [0.1, 0.15) is 17.4 Å². The molecule has 110 valence electrons. The number of nitrogens with zero attached hydrogens (tertiary/aromatic N) is 2. The molecule has 1 aliphatic heterocycles. The first-order chi connectivity index (χ1) is 9.61. The molecular weight excluding hydrogens is 272 g/mol. The predicted octanol–water partition coefficient (Wildman–Crippen LogP) is 2.22. The molecule has 1 fully saturated rings. The van der Waals surface area contributed by atoms with E-state index >= 15 is 0 Å². The fraction of sp³-hybridized carbons (Fsp3) is 0.533. The van der Waals surface area contributed by atoms with Crippen molar-refractivity contribution in [1.82, 2.24) is 9.80 Å². The van der Waals surface area contributed by atoms with E-state index in [2.05, 4.69) is 19.0 Å². The van der Waals surface area contributed by atoms with Crippen LogP contribution in [0.15, 0.2) is 24.3 Å². The Bertz CT molecular complexity index is 448. The number of thioether (sulfide) groups is 1. The molecule has 0 aromatic heterocycles. The molecule has 0 spiro atoms. The van der Waals surface area contributed by atoms with Gasteiger partial charge in [0.1, 0.15) is 11.1 Å². The summed E-state index contributed by atoms with van der Waals surface area (Å²) in [5.41, 5.74) is 1.17. The minimum absolute atomic E-state index is 0.149. The standard InChI is InChI=1S/C15H22N2O2S/c1-16(2)9-4-10-17-14(18)11-20-15(17)12-5-7-13(19-3)8-6-12/h5-8,15H,4,9-11H2,1-3H3/t15-/m1/s1. The van der Waals surface area contributed by atoms with E-state index in [0.29, 0.717) is 5.75 Å². The normalized spacial score (nSPS) is 18.9. The molecule has 1 heterocycles. The SMILES string of the molecule is COc1ccc([C@H]2SCC(=O)N2CCCN(C)C)cc1. The lowest BCUT2D eigenvalue weighted by molar-refractivity contribution is -0.128. The van der Waals surface area contributed by atoms with E-state index in [1.807, 2.05) is 29.2 Å². The number of ether oxygens (including phenoxy) is 1. The second kappa shape index (κ2) is 6.99. The number of methoxy groups -OCH3 is 1. The molecule has 1 saturated heterocycles. The highest BCUT2D eigenvalue weighted by Crippen LogP contribution is 2.38. The largest absolute Gasteiger partial charge is 0.497 e. The number of rotatable bonds is 6. The second-order valence-corrected chi connectivity index (χ2v) is 6.25. The summed E-state index contributed by atoms with van der Waals surface area (Å²) in [6.45, 7) is 1.82. The zero-order valence-electron chi connectivity index (χ0n) is 12.3. The van der Waals surface area contributed by atoms with Gasteiger partial charge in [0, 0.05) is 6.54 Å². The van der Waals surface area contributed by atoms with Crippen LogP contribution >= 0.6 is 11.8 Å². The number of carbonyl (C=O) groups excluding carboxylic acids is 1. The summed E-state index contributed by atoms with van der Waals surface area (Å²) in [5.74, 6) is 1.68. The number of hydrogen-bond acceptors (Lipinski definition) is 4.